The Labute approximate surface area is 134 Å². The Hall–Kier alpha value is -2.19. The number of rotatable bonds is 2. The third kappa shape index (κ3) is 2.09. The number of imidazole rings is 1. The van der Waals surface area contributed by atoms with Crippen molar-refractivity contribution in [2.45, 2.75) is 31.8 Å². The van der Waals surface area contributed by atoms with Crippen LogP contribution in [-0.2, 0) is 23.1 Å². The number of aromatic amines is 1. The van der Waals surface area contributed by atoms with Crippen LogP contribution in [0.5, 0.6) is 0 Å². The molecule has 1 aliphatic heterocycles. The Morgan fingerprint density at radius 1 is 1.17 bits per heavy atom. The van der Waals surface area contributed by atoms with Crippen molar-refractivity contribution >= 4 is 21.1 Å². The maximum absolute atomic E-state index is 12.9. The number of hydrogen-bond donors (Lipinski definition) is 1. The number of sulfonamides is 1. The van der Waals surface area contributed by atoms with Gasteiger partial charge in [0.25, 0.3) is 0 Å². The number of benzene rings is 1. The Morgan fingerprint density at radius 3 is 2.70 bits per heavy atom. The summed E-state index contributed by atoms with van der Waals surface area (Å²) in [5.41, 5.74) is 3.02. The van der Waals surface area contributed by atoms with Gasteiger partial charge in [0.2, 0.25) is 10.0 Å². The minimum absolute atomic E-state index is 0.279. The van der Waals surface area contributed by atoms with Gasteiger partial charge in [0, 0.05) is 13.1 Å². The minimum atomic E-state index is -3.57. The summed E-state index contributed by atoms with van der Waals surface area (Å²) in [5.74, 6) is 0.778. The SMILES string of the molecule is Cc1n[nH]c(C)c1S(=O)(=O)N1CCn2c(nc3ccccc32)C1. The van der Waals surface area contributed by atoms with E-state index < -0.39 is 10.0 Å². The molecule has 0 amide bonds. The predicted octanol–water partition coefficient (Wildman–Crippen LogP) is 1.58. The van der Waals surface area contributed by atoms with Gasteiger partial charge in [-0.3, -0.25) is 5.10 Å². The fraction of sp³-hybridized carbons (Fsp3) is 0.333. The molecule has 1 aliphatic rings. The van der Waals surface area contributed by atoms with Crippen LogP contribution in [0.4, 0.5) is 0 Å². The third-order valence-electron chi connectivity index (χ3n) is 4.28. The van der Waals surface area contributed by atoms with Crippen LogP contribution in [0.15, 0.2) is 29.2 Å². The topological polar surface area (TPSA) is 83.9 Å². The largest absolute Gasteiger partial charge is 0.326 e. The lowest BCUT2D eigenvalue weighted by molar-refractivity contribution is 0.338. The first-order valence-corrected chi connectivity index (χ1v) is 8.88. The van der Waals surface area contributed by atoms with Gasteiger partial charge in [0.1, 0.15) is 10.7 Å². The van der Waals surface area contributed by atoms with Gasteiger partial charge in [-0.2, -0.15) is 9.40 Å². The molecular weight excluding hydrogens is 314 g/mol. The van der Waals surface area contributed by atoms with E-state index in [1.165, 1.54) is 4.31 Å². The molecular formula is C15H17N5O2S. The van der Waals surface area contributed by atoms with E-state index in [-0.39, 0.29) is 11.4 Å². The zero-order chi connectivity index (χ0) is 16.2. The van der Waals surface area contributed by atoms with Crippen molar-refractivity contribution in [1.29, 1.82) is 0 Å². The highest BCUT2D eigenvalue weighted by Gasteiger charge is 2.33. The van der Waals surface area contributed by atoms with Gasteiger partial charge in [0.05, 0.1) is 29.0 Å². The van der Waals surface area contributed by atoms with E-state index in [2.05, 4.69) is 19.7 Å². The lowest BCUT2D eigenvalue weighted by atomic mass is 10.3. The van der Waals surface area contributed by atoms with Gasteiger partial charge in [-0.15, -0.1) is 0 Å². The molecule has 0 atom stereocenters. The Kier molecular flexibility index (Phi) is 3.07. The van der Waals surface area contributed by atoms with Crippen LogP contribution in [0.1, 0.15) is 17.2 Å². The molecule has 8 heteroatoms. The Morgan fingerprint density at radius 2 is 1.96 bits per heavy atom. The predicted molar refractivity (Wildman–Crippen MR) is 85.4 cm³/mol. The van der Waals surface area contributed by atoms with Gasteiger partial charge in [-0.05, 0) is 26.0 Å². The number of hydrogen-bond acceptors (Lipinski definition) is 4. The van der Waals surface area contributed by atoms with Gasteiger partial charge in [-0.25, -0.2) is 13.4 Å². The molecule has 3 aromatic rings. The van der Waals surface area contributed by atoms with Crippen molar-refractivity contribution in [3.05, 3.63) is 41.5 Å². The molecule has 0 bridgehead atoms. The van der Waals surface area contributed by atoms with Gasteiger partial charge < -0.3 is 4.57 Å². The summed E-state index contributed by atoms with van der Waals surface area (Å²) in [7, 11) is -3.57. The molecule has 120 valence electrons. The minimum Gasteiger partial charge on any atom is -0.326 e. The summed E-state index contributed by atoms with van der Waals surface area (Å²) in [4.78, 5) is 4.86. The maximum Gasteiger partial charge on any atom is 0.247 e. The summed E-state index contributed by atoms with van der Waals surface area (Å²) in [6, 6.07) is 7.87. The number of fused-ring (bicyclic) bond motifs is 3. The van der Waals surface area contributed by atoms with E-state index in [0.29, 0.717) is 24.5 Å². The molecule has 1 N–H and O–H groups in total. The van der Waals surface area contributed by atoms with Crippen LogP contribution >= 0.6 is 0 Å². The molecule has 1 aromatic carbocycles. The van der Waals surface area contributed by atoms with Crippen LogP contribution in [0.2, 0.25) is 0 Å². The molecule has 0 unspecified atom stereocenters. The smallest absolute Gasteiger partial charge is 0.247 e. The molecule has 4 rings (SSSR count). The first-order chi connectivity index (χ1) is 11.0. The molecule has 0 aliphatic carbocycles. The first-order valence-electron chi connectivity index (χ1n) is 7.44. The number of aromatic nitrogens is 4. The van der Waals surface area contributed by atoms with E-state index >= 15 is 0 Å². The first kappa shape index (κ1) is 14.4. The van der Waals surface area contributed by atoms with E-state index in [9.17, 15) is 8.42 Å². The second kappa shape index (κ2) is 4.90. The molecule has 0 saturated heterocycles. The quantitative estimate of drug-likeness (QED) is 0.773. The van der Waals surface area contributed by atoms with E-state index in [0.717, 1.165) is 16.9 Å². The average molecular weight is 331 g/mol. The van der Waals surface area contributed by atoms with Gasteiger partial charge in [-0.1, -0.05) is 12.1 Å². The molecule has 3 heterocycles. The summed E-state index contributed by atoms with van der Waals surface area (Å²) in [5, 5.41) is 6.75. The number of para-hydroxylation sites is 2. The van der Waals surface area contributed by atoms with Crippen molar-refractivity contribution in [3.8, 4) is 0 Å². The van der Waals surface area contributed by atoms with Crippen molar-refractivity contribution in [3.63, 3.8) is 0 Å². The number of aryl methyl sites for hydroxylation is 2. The second-order valence-electron chi connectivity index (χ2n) is 5.77. The molecule has 23 heavy (non-hydrogen) atoms. The van der Waals surface area contributed by atoms with Gasteiger partial charge in [0.15, 0.2) is 0 Å². The lowest BCUT2D eigenvalue weighted by Gasteiger charge is -2.27. The monoisotopic (exact) mass is 331 g/mol. The molecule has 2 aromatic heterocycles. The zero-order valence-corrected chi connectivity index (χ0v) is 13.8. The molecule has 0 fully saturated rings. The molecule has 7 nitrogen and oxygen atoms in total. The highest BCUT2D eigenvalue weighted by Crippen LogP contribution is 2.27. The fourth-order valence-corrected chi connectivity index (χ4v) is 4.92. The highest BCUT2D eigenvalue weighted by molar-refractivity contribution is 7.89. The molecule has 0 spiro atoms. The van der Waals surface area contributed by atoms with E-state index in [4.69, 9.17) is 0 Å². The van der Waals surface area contributed by atoms with Crippen LogP contribution in [0.3, 0.4) is 0 Å². The van der Waals surface area contributed by atoms with Crippen molar-refractivity contribution < 1.29 is 8.42 Å². The lowest BCUT2D eigenvalue weighted by Crippen LogP contribution is -2.38. The normalized spacial score (nSPS) is 15.9. The second-order valence-corrected chi connectivity index (χ2v) is 7.64. The summed E-state index contributed by atoms with van der Waals surface area (Å²) in [6.07, 6.45) is 0. The molecule has 0 radical (unpaired) electrons. The van der Waals surface area contributed by atoms with Crippen LogP contribution < -0.4 is 0 Å². The van der Waals surface area contributed by atoms with Crippen molar-refractivity contribution in [2.24, 2.45) is 0 Å². The Bertz CT molecular complexity index is 983. The average Bonchev–Trinajstić information content (AvgIpc) is 3.06. The fourth-order valence-electron chi connectivity index (χ4n) is 3.20. The molecule has 0 saturated carbocycles. The third-order valence-corrected chi connectivity index (χ3v) is 6.39. The van der Waals surface area contributed by atoms with E-state index in [1.807, 2.05) is 24.3 Å². The number of nitrogens with zero attached hydrogens (tertiary/aromatic N) is 4. The highest BCUT2D eigenvalue weighted by atomic mass is 32.2. The van der Waals surface area contributed by atoms with Crippen molar-refractivity contribution in [1.82, 2.24) is 24.1 Å². The number of H-pyrrole nitrogens is 1. The summed E-state index contributed by atoms with van der Waals surface area (Å²) < 4.78 is 29.5. The van der Waals surface area contributed by atoms with Crippen molar-refractivity contribution in [2.75, 3.05) is 6.54 Å². The van der Waals surface area contributed by atoms with E-state index in [1.54, 1.807) is 13.8 Å². The summed E-state index contributed by atoms with van der Waals surface area (Å²) >= 11 is 0. The number of nitrogens with one attached hydrogen (secondary N) is 1. The van der Waals surface area contributed by atoms with Crippen LogP contribution in [0, 0.1) is 13.8 Å². The Balaban J connectivity index is 1.76. The van der Waals surface area contributed by atoms with Crippen LogP contribution in [-0.4, -0.2) is 39.0 Å². The van der Waals surface area contributed by atoms with Crippen LogP contribution in [0.25, 0.3) is 11.0 Å². The van der Waals surface area contributed by atoms with Gasteiger partial charge >= 0.3 is 0 Å². The zero-order valence-electron chi connectivity index (χ0n) is 12.9. The summed E-state index contributed by atoms with van der Waals surface area (Å²) in [6.45, 7) is 4.74. The maximum atomic E-state index is 12.9. The standard InChI is InChI=1S/C15H17N5O2S/c1-10-15(11(2)18-17-10)23(21,22)19-7-8-20-13-6-4-3-5-12(13)16-14(20)9-19/h3-6H,7-9H2,1-2H3,(H,17,18).